The van der Waals surface area contributed by atoms with Gasteiger partial charge in [-0.15, -0.1) is 11.8 Å². The Morgan fingerprint density at radius 2 is 1.87 bits per heavy atom. The molecule has 120 valence electrons. The second-order valence-corrected chi connectivity index (χ2v) is 5.55. The smallest absolute Gasteiger partial charge is 0.269 e. The first-order valence-corrected chi connectivity index (χ1v) is 8.08. The Bertz CT molecular complexity index is 703. The van der Waals surface area contributed by atoms with Crippen LogP contribution in [0.5, 0.6) is 5.75 Å². The van der Waals surface area contributed by atoms with Crippen LogP contribution in [0.3, 0.4) is 0 Å². The van der Waals surface area contributed by atoms with Crippen LogP contribution in [0.25, 0.3) is 0 Å². The van der Waals surface area contributed by atoms with Gasteiger partial charge < -0.3 is 10.1 Å². The maximum absolute atomic E-state index is 12.2. The summed E-state index contributed by atoms with van der Waals surface area (Å²) in [5.74, 6) is 0.112. The maximum Gasteiger partial charge on any atom is 0.269 e. The van der Waals surface area contributed by atoms with Crippen molar-refractivity contribution >= 4 is 29.0 Å². The zero-order valence-corrected chi connectivity index (χ0v) is 13.5. The number of nitro benzene ring substituents is 1. The Labute approximate surface area is 138 Å². The summed E-state index contributed by atoms with van der Waals surface area (Å²) in [6.07, 6.45) is 1.20. The van der Waals surface area contributed by atoms with Gasteiger partial charge in [0.1, 0.15) is 5.75 Å². The van der Waals surface area contributed by atoms with Gasteiger partial charge in [0.15, 0.2) is 6.10 Å². The van der Waals surface area contributed by atoms with E-state index in [1.807, 2.05) is 30.5 Å². The topological polar surface area (TPSA) is 81.5 Å². The van der Waals surface area contributed by atoms with E-state index in [-0.39, 0.29) is 11.6 Å². The number of anilines is 1. The average Bonchev–Trinajstić information content (AvgIpc) is 2.55. The van der Waals surface area contributed by atoms with Gasteiger partial charge >= 0.3 is 0 Å². The van der Waals surface area contributed by atoms with Crippen molar-refractivity contribution < 1.29 is 14.5 Å². The van der Waals surface area contributed by atoms with Crippen molar-refractivity contribution in [2.45, 2.75) is 17.9 Å². The van der Waals surface area contributed by atoms with Crippen LogP contribution in [-0.4, -0.2) is 23.2 Å². The van der Waals surface area contributed by atoms with E-state index in [2.05, 4.69) is 5.32 Å². The number of nitro groups is 1. The number of rotatable bonds is 6. The first kappa shape index (κ1) is 16.8. The van der Waals surface area contributed by atoms with Crippen LogP contribution in [0.2, 0.25) is 0 Å². The molecular formula is C16H16N2O4S. The fourth-order valence-corrected chi connectivity index (χ4v) is 2.44. The summed E-state index contributed by atoms with van der Waals surface area (Å²) in [6, 6.07) is 13.1. The highest BCUT2D eigenvalue weighted by molar-refractivity contribution is 7.98. The molecule has 0 aliphatic carbocycles. The van der Waals surface area contributed by atoms with E-state index in [0.29, 0.717) is 5.75 Å². The molecule has 0 saturated heterocycles. The average molecular weight is 332 g/mol. The Hall–Kier alpha value is -2.54. The fraction of sp³-hybridized carbons (Fsp3) is 0.188. The minimum absolute atomic E-state index is 0.0247. The van der Waals surface area contributed by atoms with Gasteiger partial charge in [0.2, 0.25) is 0 Å². The largest absolute Gasteiger partial charge is 0.481 e. The van der Waals surface area contributed by atoms with Crippen LogP contribution < -0.4 is 10.1 Å². The van der Waals surface area contributed by atoms with E-state index in [0.717, 1.165) is 10.6 Å². The molecule has 0 bridgehead atoms. The molecule has 0 aromatic heterocycles. The number of non-ortho nitro benzene ring substituents is 1. The number of nitrogens with one attached hydrogen (secondary N) is 1. The number of benzene rings is 2. The van der Waals surface area contributed by atoms with E-state index >= 15 is 0 Å². The van der Waals surface area contributed by atoms with E-state index in [4.69, 9.17) is 4.74 Å². The molecule has 23 heavy (non-hydrogen) atoms. The van der Waals surface area contributed by atoms with E-state index in [1.165, 1.54) is 36.0 Å². The highest BCUT2D eigenvalue weighted by Gasteiger charge is 2.16. The van der Waals surface area contributed by atoms with Gasteiger partial charge in [-0.3, -0.25) is 14.9 Å². The van der Waals surface area contributed by atoms with Gasteiger partial charge in [-0.1, -0.05) is 12.1 Å². The van der Waals surface area contributed by atoms with Gasteiger partial charge in [-0.05, 0) is 37.4 Å². The highest BCUT2D eigenvalue weighted by Crippen LogP contribution is 2.25. The number of thioether (sulfide) groups is 1. The lowest BCUT2D eigenvalue weighted by Crippen LogP contribution is -2.30. The Morgan fingerprint density at radius 3 is 2.48 bits per heavy atom. The van der Waals surface area contributed by atoms with Crippen LogP contribution in [0.1, 0.15) is 6.92 Å². The first-order valence-electron chi connectivity index (χ1n) is 6.86. The fourth-order valence-electron chi connectivity index (χ4n) is 1.89. The minimum atomic E-state index is -0.730. The molecule has 6 nitrogen and oxygen atoms in total. The second-order valence-electron chi connectivity index (χ2n) is 4.70. The van der Waals surface area contributed by atoms with Crippen molar-refractivity contribution in [2.75, 3.05) is 11.6 Å². The van der Waals surface area contributed by atoms with E-state index < -0.39 is 11.0 Å². The molecule has 0 saturated carbocycles. The van der Waals surface area contributed by atoms with E-state index in [1.54, 1.807) is 6.92 Å². The van der Waals surface area contributed by atoms with Gasteiger partial charge in [0.05, 0.1) is 10.6 Å². The molecule has 1 N–H and O–H groups in total. The molecular weight excluding hydrogens is 316 g/mol. The van der Waals surface area contributed by atoms with Gasteiger partial charge in [-0.25, -0.2) is 0 Å². The number of ether oxygens (including phenoxy) is 1. The first-order chi connectivity index (χ1) is 11.0. The second kappa shape index (κ2) is 7.64. The quantitative estimate of drug-likeness (QED) is 0.495. The van der Waals surface area contributed by atoms with Crippen molar-refractivity contribution in [3.05, 3.63) is 58.6 Å². The van der Waals surface area contributed by atoms with Crippen LogP contribution in [0.4, 0.5) is 11.4 Å². The van der Waals surface area contributed by atoms with Crippen molar-refractivity contribution in [1.29, 1.82) is 0 Å². The summed E-state index contributed by atoms with van der Waals surface area (Å²) < 4.78 is 5.52. The summed E-state index contributed by atoms with van der Waals surface area (Å²) in [6.45, 7) is 1.62. The molecule has 1 atom stereocenters. The molecule has 0 heterocycles. The number of carbonyl (C=O) groups excluding carboxylic acids is 1. The Morgan fingerprint density at radius 1 is 1.22 bits per heavy atom. The minimum Gasteiger partial charge on any atom is -0.481 e. The van der Waals surface area contributed by atoms with Crippen LogP contribution >= 0.6 is 11.8 Å². The predicted octanol–water partition coefficient (Wildman–Crippen LogP) is 3.72. The Balaban J connectivity index is 2.01. The monoisotopic (exact) mass is 332 g/mol. The van der Waals surface area contributed by atoms with Crippen molar-refractivity contribution in [3.8, 4) is 5.75 Å². The molecule has 0 fully saturated rings. The maximum atomic E-state index is 12.2. The normalized spacial score (nSPS) is 11.6. The van der Waals surface area contributed by atoms with Gasteiger partial charge in [-0.2, -0.15) is 0 Å². The number of nitrogens with zero attached hydrogens (tertiary/aromatic N) is 1. The van der Waals surface area contributed by atoms with Crippen LogP contribution in [0, 0.1) is 10.1 Å². The third-order valence-corrected chi connectivity index (χ3v) is 3.89. The van der Waals surface area contributed by atoms with Crippen LogP contribution in [-0.2, 0) is 4.79 Å². The van der Waals surface area contributed by atoms with Crippen LogP contribution in [0.15, 0.2) is 53.4 Å². The molecule has 0 spiro atoms. The molecule has 7 heteroatoms. The molecule has 2 aromatic carbocycles. The van der Waals surface area contributed by atoms with Crippen molar-refractivity contribution in [3.63, 3.8) is 0 Å². The lowest BCUT2D eigenvalue weighted by molar-refractivity contribution is -0.384. The molecule has 1 amide bonds. The lowest BCUT2D eigenvalue weighted by atomic mass is 10.3. The molecule has 2 rings (SSSR count). The summed E-state index contributed by atoms with van der Waals surface area (Å²) in [4.78, 5) is 23.3. The van der Waals surface area contributed by atoms with Gasteiger partial charge in [0.25, 0.3) is 11.6 Å². The van der Waals surface area contributed by atoms with E-state index in [9.17, 15) is 14.9 Å². The van der Waals surface area contributed by atoms with Crippen molar-refractivity contribution in [1.82, 2.24) is 0 Å². The number of amides is 1. The predicted molar refractivity (Wildman–Crippen MR) is 90.0 cm³/mol. The zero-order valence-electron chi connectivity index (χ0n) is 12.7. The summed E-state index contributed by atoms with van der Waals surface area (Å²) in [5, 5.41) is 13.4. The number of hydrogen-bond donors (Lipinski definition) is 1. The summed E-state index contributed by atoms with van der Waals surface area (Å²) in [7, 11) is 0. The number of carbonyl (C=O) groups is 1. The molecule has 0 aliphatic rings. The molecule has 1 unspecified atom stereocenters. The number of para-hydroxylation sites is 1. The molecule has 0 aliphatic heterocycles. The summed E-state index contributed by atoms with van der Waals surface area (Å²) >= 11 is 1.54. The summed E-state index contributed by atoms with van der Waals surface area (Å²) in [5.41, 5.74) is 0.701. The van der Waals surface area contributed by atoms with Crippen molar-refractivity contribution in [2.24, 2.45) is 0 Å². The standard InChI is InChI=1S/C16H16N2O4S/c1-11(22-13-9-7-12(8-10-13)18(20)21)16(19)17-14-5-3-4-6-15(14)23-2/h3-11H,1-2H3,(H,17,19). The SMILES string of the molecule is CSc1ccccc1NC(=O)C(C)Oc1ccc([N+](=O)[O-])cc1. The van der Waals surface area contributed by atoms with Gasteiger partial charge in [0, 0.05) is 17.0 Å². The third-order valence-electron chi connectivity index (χ3n) is 3.09. The lowest BCUT2D eigenvalue weighted by Gasteiger charge is -2.16. The third kappa shape index (κ3) is 4.46. The number of hydrogen-bond acceptors (Lipinski definition) is 5. The zero-order chi connectivity index (χ0) is 16.8. The highest BCUT2D eigenvalue weighted by atomic mass is 32.2. The molecule has 0 radical (unpaired) electrons. The Kier molecular flexibility index (Phi) is 5.59. The molecule has 2 aromatic rings.